The molecule has 2 rings (SSSR count). The van der Waals surface area contributed by atoms with Crippen LogP contribution in [0.15, 0.2) is 48.5 Å². The number of para-hydroxylation sites is 1. The second-order valence-electron chi connectivity index (χ2n) is 5.01. The third-order valence-electron chi connectivity index (χ3n) is 3.55. The molecule has 0 fully saturated rings. The van der Waals surface area contributed by atoms with Crippen LogP contribution >= 0.6 is 0 Å². The van der Waals surface area contributed by atoms with Crippen LogP contribution < -0.4 is 16.0 Å². The molecule has 2 aromatic carbocycles. The van der Waals surface area contributed by atoms with Gasteiger partial charge in [-0.15, -0.1) is 0 Å². The molecule has 106 valence electrons. The van der Waals surface area contributed by atoms with Crippen LogP contribution in [0.25, 0.3) is 0 Å². The van der Waals surface area contributed by atoms with Crippen molar-refractivity contribution in [3.8, 4) is 5.75 Å². The fourth-order valence-corrected chi connectivity index (χ4v) is 2.14. The van der Waals surface area contributed by atoms with Crippen molar-refractivity contribution in [1.82, 2.24) is 5.43 Å². The Labute approximate surface area is 120 Å². The van der Waals surface area contributed by atoms with E-state index in [1.54, 1.807) is 0 Å². The lowest BCUT2D eigenvalue weighted by molar-refractivity contribution is 0.287. The summed E-state index contributed by atoms with van der Waals surface area (Å²) in [7, 11) is 0. The standard InChI is InChI=1S/C17H22N2O/c1-13-8-9-15(12-14(13)2)17(19-18)10-11-20-16-6-4-3-5-7-16/h3-9,12,17,19H,10-11,18H2,1-2H3. The molecule has 0 bridgehead atoms. The molecule has 0 saturated heterocycles. The lowest BCUT2D eigenvalue weighted by Gasteiger charge is -2.18. The molecule has 0 amide bonds. The predicted octanol–water partition coefficient (Wildman–Crippen LogP) is 3.28. The molecule has 0 saturated carbocycles. The highest BCUT2D eigenvalue weighted by atomic mass is 16.5. The lowest BCUT2D eigenvalue weighted by Crippen LogP contribution is -2.29. The zero-order chi connectivity index (χ0) is 14.4. The van der Waals surface area contributed by atoms with Crippen LogP contribution in [0.5, 0.6) is 5.75 Å². The Morgan fingerprint density at radius 2 is 1.80 bits per heavy atom. The molecule has 3 heteroatoms. The van der Waals surface area contributed by atoms with E-state index in [0.717, 1.165) is 12.2 Å². The van der Waals surface area contributed by atoms with Gasteiger partial charge < -0.3 is 4.74 Å². The van der Waals surface area contributed by atoms with Gasteiger partial charge in [0.25, 0.3) is 0 Å². The van der Waals surface area contributed by atoms with Crippen molar-refractivity contribution in [2.24, 2.45) is 5.84 Å². The zero-order valence-electron chi connectivity index (χ0n) is 12.1. The van der Waals surface area contributed by atoms with Crippen LogP contribution in [-0.2, 0) is 0 Å². The quantitative estimate of drug-likeness (QED) is 0.625. The van der Waals surface area contributed by atoms with E-state index >= 15 is 0 Å². The van der Waals surface area contributed by atoms with Crippen molar-refractivity contribution in [3.63, 3.8) is 0 Å². The van der Waals surface area contributed by atoms with Gasteiger partial charge in [0.1, 0.15) is 5.75 Å². The van der Waals surface area contributed by atoms with Gasteiger partial charge >= 0.3 is 0 Å². The van der Waals surface area contributed by atoms with Crippen molar-refractivity contribution in [2.45, 2.75) is 26.3 Å². The van der Waals surface area contributed by atoms with E-state index in [0.29, 0.717) is 6.61 Å². The molecule has 20 heavy (non-hydrogen) atoms. The molecule has 0 radical (unpaired) electrons. The zero-order valence-corrected chi connectivity index (χ0v) is 12.1. The van der Waals surface area contributed by atoms with Gasteiger partial charge in [-0.25, -0.2) is 0 Å². The highest BCUT2D eigenvalue weighted by Gasteiger charge is 2.10. The Bertz CT molecular complexity index is 540. The maximum absolute atomic E-state index is 5.72. The van der Waals surface area contributed by atoms with Gasteiger partial charge in [-0.05, 0) is 42.7 Å². The van der Waals surface area contributed by atoms with E-state index in [9.17, 15) is 0 Å². The average molecular weight is 270 g/mol. The van der Waals surface area contributed by atoms with Crippen LogP contribution in [0.2, 0.25) is 0 Å². The van der Waals surface area contributed by atoms with Crippen LogP contribution in [0, 0.1) is 13.8 Å². The minimum atomic E-state index is 0.109. The van der Waals surface area contributed by atoms with E-state index in [1.807, 2.05) is 30.3 Å². The first kappa shape index (κ1) is 14.6. The van der Waals surface area contributed by atoms with Crippen LogP contribution in [0.1, 0.15) is 29.2 Å². The summed E-state index contributed by atoms with van der Waals surface area (Å²) in [5.41, 5.74) is 6.65. The van der Waals surface area contributed by atoms with Crippen molar-refractivity contribution < 1.29 is 4.74 Å². The molecule has 2 aromatic rings. The minimum absolute atomic E-state index is 0.109. The molecule has 0 heterocycles. The molecule has 1 unspecified atom stereocenters. The molecule has 0 spiro atoms. The van der Waals surface area contributed by atoms with Crippen LogP contribution in [0.3, 0.4) is 0 Å². The number of hydrazine groups is 1. The fourth-order valence-electron chi connectivity index (χ4n) is 2.14. The van der Waals surface area contributed by atoms with Gasteiger partial charge in [0, 0.05) is 12.5 Å². The summed E-state index contributed by atoms with van der Waals surface area (Å²) in [5, 5.41) is 0. The van der Waals surface area contributed by atoms with E-state index in [-0.39, 0.29) is 6.04 Å². The van der Waals surface area contributed by atoms with Gasteiger partial charge in [0.15, 0.2) is 0 Å². The molecule has 3 nitrogen and oxygen atoms in total. The third-order valence-corrected chi connectivity index (χ3v) is 3.55. The summed E-state index contributed by atoms with van der Waals surface area (Å²) in [5.74, 6) is 6.56. The highest BCUT2D eigenvalue weighted by Crippen LogP contribution is 2.20. The number of benzene rings is 2. The maximum atomic E-state index is 5.72. The molecule has 1 atom stereocenters. The van der Waals surface area contributed by atoms with Gasteiger partial charge in [-0.1, -0.05) is 36.4 Å². The monoisotopic (exact) mass is 270 g/mol. The molecule has 0 aliphatic carbocycles. The highest BCUT2D eigenvalue weighted by molar-refractivity contribution is 5.31. The molecule has 3 N–H and O–H groups in total. The Morgan fingerprint density at radius 1 is 1.05 bits per heavy atom. The van der Waals surface area contributed by atoms with Gasteiger partial charge in [-0.2, -0.15) is 0 Å². The van der Waals surface area contributed by atoms with E-state index in [4.69, 9.17) is 10.6 Å². The van der Waals surface area contributed by atoms with Crippen molar-refractivity contribution in [1.29, 1.82) is 0 Å². The lowest BCUT2D eigenvalue weighted by atomic mass is 10.00. The summed E-state index contributed by atoms with van der Waals surface area (Å²) in [6.07, 6.45) is 0.827. The Kier molecular flexibility index (Phi) is 5.16. The van der Waals surface area contributed by atoms with E-state index in [1.165, 1.54) is 16.7 Å². The van der Waals surface area contributed by atoms with Crippen molar-refractivity contribution in [2.75, 3.05) is 6.61 Å². The smallest absolute Gasteiger partial charge is 0.119 e. The first-order valence-corrected chi connectivity index (χ1v) is 6.92. The predicted molar refractivity (Wildman–Crippen MR) is 82.5 cm³/mol. The second-order valence-corrected chi connectivity index (χ2v) is 5.01. The van der Waals surface area contributed by atoms with Crippen molar-refractivity contribution in [3.05, 3.63) is 65.2 Å². The number of nitrogens with one attached hydrogen (secondary N) is 1. The average Bonchev–Trinajstić information content (AvgIpc) is 2.48. The number of hydrogen-bond donors (Lipinski definition) is 2. The Hall–Kier alpha value is -1.84. The Balaban J connectivity index is 1.93. The minimum Gasteiger partial charge on any atom is -0.494 e. The van der Waals surface area contributed by atoms with Gasteiger partial charge in [0.05, 0.1) is 6.61 Å². The molecule has 0 aromatic heterocycles. The largest absolute Gasteiger partial charge is 0.494 e. The number of rotatable bonds is 6. The van der Waals surface area contributed by atoms with Crippen LogP contribution in [0.4, 0.5) is 0 Å². The summed E-state index contributed by atoms with van der Waals surface area (Å²) >= 11 is 0. The Morgan fingerprint density at radius 3 is 2.45 bits per heavy atom. The van der Waals surface area contributed by atoms with Gasteiger partial charge in [0.2, 0.25) is 0 Å². The van der Waals surface area contributed by atoms with Crippen LogP contribution in [-0.4, -0.2) is 6.61 Å². The summed E-state index contributed by atoms with van der Waals surface area (Å²) < 4.78 is 5.72. The number of ether oxygens (including phenoxy) is 1. The normalized spacial score (nSPS) is 12.2. The molecule has 0 aliphatic heterocycles. The summed E-state index contributed by atoms with van der Waals surface area (Å²) in [6, 6.07) is 16.4. The number of hydrogen-bond acceptors (Lipinski definition) is 3. The molecular weight excluding hydrogens is 248 g/mol. The second kappa shape index (κ2) is 7.08. The van der Waals surface area contributed by atoms with E-state index < -0.39 is 0 Å². The number of nitrogens with two attached hydrogens (primary N) is 1. The molecule has 0 aliphatic rings. The summed E-state index contributed by atoms with van der Waals surface area (Å²) in [6.45, 7) is 4.86. The fraction of sp³-hybridized carbons (Fsp3) is 0.294. The SMILES string of the molecule is Cc1ccc(C(CCOc2ccccc2)NN)cc1C. The first-order chi connectivity index (χ1) is 9.70. The topological polar surface area (TPSA) is 47.3 Å². The first-order valence-electron chi connectivity index (χ1n) is 6.92. The van der Waals surface area contributed by atoms with E-state index in [2.05, 4.69) is 37.5 Å². The number of aryl methyl sites for hydroxylation is 2. The molecular formula is C17H22N2O. The van der Waals surface area contributed by atoms with Gasteiger partial charge in [-0.3, -0.25) is 11.3 Å². The third kappa shape index (κ3) is 3.83. The summed E-state index contributed by atoms with van der Waals surface area (Å²) in [4.78, 5) is 0. The van der Waals surface area contributed by atoms with Crippen molar-refractivity contribution >= 4 is 0 Å². The maximum Gasteiger partial charge on any atom is 0.119 e.